The van der Waals surface area contributed by atoms with Gasteiger partial charge >= 0.3 is 0 Å². The van der Waals surface area contributed by atoms with Crippen LogP contribution in [0.1, 0.15) is 6.92 Å². The molecule has 4 nitrogen and oxygen atoms in total. The summed E-state index contributed by atoms with van der Waals surface area (Å²) in [6.07, 6.45) is 0. The van der Waals surface area contributed by atoms with Gasteiger partial charge in [0.05, 0.1) is 4.90 Å². The molecule has 1 fully saturated rings. The van der Waals surface area contributed by atoms with Gasteiger partial charge in [0, 0.05) is 25.7 Å². The summed E-state index contributed by atoms with van der Waals surface area (Å²) in [6.45, 7) is 2.78. The summed E-state index contributed by atoms with van der Waals surface area (Å²) in [5, 5.41) is 3.01. The second kappa shape index (κ2) is 5.10. The smallest absolute Gasteiger partial charge is 0.243 e. The Morgan fingerprint density at radius 3 is 2.37 bits per heavy atom. The SMILES string of the molecule is C[C@@H]1CNCCN1S(=O)(=O)c1cc(F)c(F)c(F)c1. The number of sulfonamides is 1. The molecule has 1 aromatic carbocycles. The molecule has 0 bridgehead atoms. The van der Waals surface area contributed by atoms with E-state index in [1.54, 1.807) is 6.92 Å². The second-order valence-corrected chi connectivity index (χ2v) is 6.26. The number of hydrogen-bond donors (Lipinski definition) is 1. The highest BCUT2D eigenvalue weighted by molar-refractivity contribution is 7.89. The van der Waals surface area contributed by atoms with E-state index in [0.717, 1.165) is 4.31 Å². The minimum Gasteiger partial charge on any atom is -0.314 e. The summed E-state index contributed by atoms with van der Waals surface area (Å²) >= 11 is 0. The maximum atomic E-state index is 13.1. The fourth-order valence-electron chi connectivity index (χ4n) is 2.00. The minimum atomic E-state index is -4.03. The van der Waals surface area contributed by atoms with Crippen LogP contribution in [-0.4, -0.2) is 38.4 Å². The van der Waals surface area contributed by atoms with Crippen molar-refractivity contribution in [1.82, 2.24) is 9.62 Å². The van der Waals surface area contributed by atoms with Crippen molar-refractivity contribution in [3.05, 3.63) is 29.6 Å². The number of nitrogens with one attached hydrogen (secondary N) is 1. The molecule has 8 heteroatoms. The maximum Gasteiger partial charge on any atom is 0.243 e. The van der Waals surface area contributed by atoms with Crippen LogP contribution in [0.5, 0.6) is 0 Å². The number of rotatable bonds is 2. The first-order chi connectivity index (χ1) is 8.84. The lowest BCUT2D eigenvalue weighted by Crippen LogP contribution is -2.52. The molecule has 0 aromatic heterocycles. The summed E-state index contributed by atoms with van der Waals surface area (Å²) in [6, 6.07) is 0.667. The summed E-state index contributed by atoms with van der Waals surface area (Å²) in [5.41, 5.74) is 0. The summed E-state index contributed by atoms with van der Waals surface area (Å²) in [4.78, 5) is -0.572. The Labute approximate surface area is 109 Å². The average Bonchev–Trinajstić information content (AvgIpc) is 2.35. The Kier molecular flexibility index (Phi) is 3.84. The van der Waals surface area contributed by atoms with Crippen molar-refractivity contribution in [2.24, 2.45) is 0 Å². The molecule has 1 N–H and O–H groups in total. The topological polar surface area (TPSA) is 49.4 Å². The van der Waals surface area contributed by atoms with Crippen molar-refractivity contribution in [3.8, 4) is 0 Å². The Balaban J connectivity index is 2.44. The van der Waals surface area contributed by atoms with Crippen molar-refractivity contribution in [1.29, 1.82) is 0 Å². The van der Waals surface area contributed by atoms with Crippen molar-refractivity contribution < 1.29 is 21.6 Å². The lowest BCUT2D eigenvalue weighted by atomic mass is 10.3. The van der Waals surface area contributed by atoms with E-state index in [1.807, 2.05) is 0 Å². The molecule has 1 saturated heterocycles. The van der Waals surface area contributed by atoms with Gasteiger partial charge in [0.15, 0.2) is 17.5 Å². The fourth-order valence-corrected chi connectivity index (χ4v) is 3.65. The standard InChI is InChI=1S/C11H13F3N2O2S/c1-7-6-15-2-3-16(7)19(17,18)8-4-9(12)11(14)10(13)5-8/h4-5,7,15H,2-3,6H2,1H3/t7-/m1/s1. The van der Waals surface area contributed by atoms with Crippen LogP contribution in [0.2, 0.25) is 0 Å². The van der Waals surface area contributed by atoms with Crippen LogP contribution in [0.15, 0.2) is 17.0 Å². The molecule has 0 aliphatic carbocycles. The van der Waals surface area contributed by atoms with Gasteiger partial charge < -0.3 is 5.32 Å². The maximum absolute atomic E-state index is 13.1. The monoisotopic (exact) mass is 294 g/mol. The third-order valence-corrected chi connectivity index (χ3v) is 5.00. The van der Waals surface area contributed by atoms with Crippen LogP contribution in [0.4, 0.5) is 13.2 Å². The quantitative estimate of drug-likeness (QED) is 0.831. The molecule has 106 valence electrons. The van der Waals surface area contributed by atoms with E-state index in [2.05, 4.69) is 5.32 Å². The predicted octanol–water partition coefficient (Wildman–Crippen LogP) is 1.09. The summed E-state index contributed by atoms with van der Waals surface area (Å²) < 4.78 is 64.8. The molecule has 0 amide bonds. The van der Waals surface area contributed by atoms with Gasteiger partial charge in [-0.15, -0.1) is 0 Å². The lowest BCUT2D eigenvalue weighted by molar-refractivity contribution is 0.283. The third kappa shape index (κ3) is 2.60. The van der Waals surface area contributed by atoms with Gasteiger partial charge in [-0.05, 0) is 19.1 Å². The minimum absolute atomic E-state index is 0.199. The molecule has 19 heavy (non-hydrogen) atoms. The van der Waals surface area contributed by atoms with Gasteiger partial charge in [0.2, 0.25) is 10.0 Å². The fraction of sp³-hybridized carbons (Fsp3) is 0.455. The predicted molar refractivity (Wildman–Crippen MR) is 62.5 cm³/mol. The Morgan fingerprint density at radius 2 is 1.84 bits per heavy atom. The highest BCUT2D eigenvalue weighted by atomic mass is 32.2. The zero-order chi connectivity index (χ0) is 14.2. The Morgan fingerprint density at radius 1 is 1.26 bits per heavy atom. The van der Waals surface area contributed by atoms with Gasteiger partial charge in [-0.1, -0.05) is 0 Å². The molecule has 1 aliphatic rings. The van der Waals surface area contributed by atoms with Crippen LogP contribution in [0, 0.1) is 17.5 Å². The van der Waals surface area contributed by atoms with Crippen molar-refractivity contribution in [2.45, 2.75) is 17.9 Å². The number of halogens is 3. The molecular weight excluding hydrogens is 281 g/mol. The first kappa shape index (κ1) is 14.3. The van der Waals surface area contributed by atoms with Crippen molar-refractivity contribution in [2.75, 3.05) is 19.6 Å². The number of nitrogens with zero attached hydrogens (tertiary/aromatic N) is 1. The molecule has 1 heterocycles. The van der Waals surface area contributed by atoms with E-state index in [1.165, 1.54) is 0 Å². The van der Waals surface area contributed by atoms with Crippen LogP contribution in [0.25, 0.3) is 0 Å². The highest BCUT2D eigenvalue weighted by Gasteiger charge is 2.32. The van der Waals surface area contributed by atoms with Crippen LogP contribution >= 0.6 is 0 Å². The summed E-state index contributed by atoms with van der Waals surface area (Å²) in [7, 11) is -4.03. The molecule has 0 spiro atoms. The molecule has 1 atom stereocenters. The highest BCUT2D eigenvalue weighted by Crippen LogP contribution is 2.23. The Bertz CT molecular complexity index is 569. The van der Waals surface area contributed by atoms with Crippen LogP contribution < -0.4 is 5.32 Å². The van der Waals surface area contributed by atoms with Crippen LogP contribution in [-0.2, 0) is 10.0 Å². The zero-order valence-corrected chi connectivity index (χ0v) is 11.0. The third-order valence-electron chi connectivity index (χ3n) is 3.00. The average molecular weight is 294 g/mol. The van der Waals surface area contributed by atoms with Gasteiger partial charge in [-0.2, -0.15) is 4.31 Å². The van der Waals surface area contributed by atoms with Crippen molar-refractivity contribution >= 4 is 10.0 Å². The molecule has 1 aromatic rings. The molecular formula is C11H13F3N2O2S. The van der Waals surface area contributed by atoms with E-state index >= 15 is 0 Å². The summed E-state index contributed by atoms with van der Waals surface area (Å²) in [5.74, 6) is -4.70. The number of benzene rings is 1. The molecule has 0 unspecified atom stereocenters. The Hall–Kier alpha value is -1.12. The number of hydrogen-bond acceptors (Lipinski definition) is 3. The van der Waals surface area contributed by atoms with Gasteiger partial charge in [-0.25, -0.2) is 21.6 Å². The largest absolute Gasteiger partial charge is 0.314 e. The van der Waals surface area contributed by atoms with Gasteiger partial charge in [-0.3, -0.25) is 0 Å². The van der Waals surface area contributed by atoms with Crippen LogP contribution in [0.3, 0.4) is 0 Å². The van der Waals surface area contributed by atoms with E-state index in [4.69, 9.17) is 0 Å². The van der Waals surface area contributed by atoms with E-state index in [-0.39, 0.29) is 12.6 Å². The lowest BCUT2D eigenvalue weighted by Gasteiger charge is -2.32. The van der Waals surface area contributed by atoms with E-state index < -0.39 is 32.4 Å². The van der Waals surface area contributed by atoms with E-state index in [9.17, 15) is 21.6 Å². The normalized spacial score (nSPS) is 21.6. The molecule has 0 saturated carbocycles. The van der Waals surface area contributed by atoms with Gasteiger partial charge in [0.25, 0.3) is 0 Å². The second-order valence-electron chi connectivity index (χ2n) is 4.37. The first-order valence-corrected chi connectivity index (χ1v) is 7.15. The van der Waals surface area contributed by atoms with Crippen molar-refractivity contribution in [3.63, 3.8) is 0 Å². The first-order valence-electron chi connectivity index (χ1n) is 5.71. The zero-order valence-electron chi connectivity index (χ0n) is 10.2. The van der Waals surface area contributed by atoms with E-state index in [0.29, 0.717) is 25.2 Å². The molecule has 0 radical (unpaired) electrons. The molecule has 2 rings (SSSR count). The van der Waals surface area contributed by atoms with Gasteiger partial charge in [0.1, 0.15) is 0 Å². The number of piperazine rings is 1. The molecule has 1 aliphatic heterocycles.